The zero-order valence-corrected chi connectivity index (χ0v) is 23.0. The van der Waals surface area contributed by atoms with E-state index in [9.17, 15) is 5.11 Å². The van der Waals surface area contributed by atoms with E-state index in [2.05, 4.69) is 21.0 Å². The number of phosphoric acid groups is 1. The number of nitrogens with two attached hydrogens (primary N) is 1. The number of rotatable bonds is 22. The summed E-state index contributed by atoms with van der Waals surface area (Å²) in [6, 6.07) is 0. The van der Waals surface area contributed by atoms with Crippen LogP contribution < -0.4 is 10.6 Å². The highest BCUT2D eigenvalue weighted by Crippen LogP contribution is 2.19. The van der Waals surface area contributed by atoms with Crippen LogP contribution in [0.4, 0.5) is 0 Å². The molecule has 0 aromatic carbocycles. The number of unbranched alkanes of at least 4 members (excludes halogenated alkanes) is 15. The molecule has 0 aliphatic heterocycles. The maximum Gasteiger partial charge on any atom is 0.262 e. The second kappa shape index (κ2) is 23.7. The Morgan fingerprint density at radius 2 is 1.09 bits per heavy atom. The molecule has 0 aliphatic rings. The number of hydrogen-bond donors (Lipinski definition) is 4. The highest BCUT2D eigenvalue weighted by molar-refractivity contribution is 7.43. The van der Waals surface area contributed by atoms with Crippen molar-refractivity contribution in [3.63, 3.8) is 0 Å². The van der Waals surface area contributed by atoms with Crippen molar-refractivity contribution in [1.82, 2.24) is 0 Å². The maximum atomic E-state index is 10.3. The van der Waals surface area contributed by atoms with E-state index in [0.717, 1.165) is 37.0 Å². The molecule has 0 heterocycles. The van der Waals surface area contributed by atoms with Gasteiger partial charge in [-0.15, -0.1) is 0 Å². The number of likely N-dealkylation sites (N-methyl/N-ethyl adjacent to an activating group) is 1. The van der Waals surface area contributed by atoms with Crippen molar-refractivity contribution >= 4 is 7.82 Å². The predicted octanol–water partition coefficient (Wildman–Crippen LogP) is 4.86. The van der Waals surface area contributed by atoms with Crippen LogP contribution in [-0.4, -0.2) is 59.2 Å². The van der Waals surface area contributed by atoms with Gasteiger partial charge < -0.3 is 30.0 Å². The highest BCUT2D eigenvalue weighted by atomic mass is 31.2. The molecule has 202 valence electrons. The number of aliphatic hydroxyl groups is 1. The van der Waals surface area contributed by atoms with Gasteiger partial charge >= 0.3 is 0 Å². The van der Waals surface area contributed by atoms with Crippen molar-refractivity contribution in [2.75, 3.05) is 33.7 Å². The van der Waals surface area contributed by atoms with Crippen LogP contribution in [0.3, 0.4) is 0 Å². The SMILES string of the molecule is CCCCCCCCCCCCCCCCCCC(O)C[N+](C)(C)CCCN.O=P([O-])(O)O. The molecule has 1 atom stereocenters. The van der Waals surface area contributed by atoms with E-state index >= 15 is 0 Å². The summed E-state index contributed by atoms with van der Waals surface area (Å²) in [7, 11) is -0.487. The molecule has 0 fully saturated rings. The van der Waals surface area contributed by atoms with Crippen molar-refractivity contribution in [2.24, 2.45) is 5.73 Å². The molecule has 1 unspecified atom stereocenters. The van der Waals surface area contributed by atoms with Crippen molar-refractivity contribution in [1.29, 1.82) is 0 Å². The van der Waals surface area contributed by atoms with Crippen molar-refractivity contribution in [2.45, 2.75) is 129 Å². The lowest BCUT2D eigenvalue weighted by Gasteiger charge is -2.31. The number of quaternary nitrogens is 1. The van der Waals surface area contributed by atoms with Crippen LogP contribution in [0.25, 0.3) is 0 Å². The lowest BCUT2D eigenvalue weighted by Crippen LogP contribution is -2.46. The second-order valence-corrected chi connectivity index (χ2v) is 11.2. The third-order valence-electron chi connectivity index (χ3n) is 6.06. The zero-order chi connectivity index (χ0) is 25.4. The first kappa shape index (κ1) is 35.2. The van der Waals surface area contributed by atoms with E-state index < -0.39 is 7.82 Å². The smallest absolute Gasteiger partial charge is 0.262 e. The molecule has 0 amide bonds. The molecule has 0 saturated carbocycles. The van der Waals surface area contributed by atoms with Crippen molar-refractivity contribution < 1.29 is 28.8 Å². The van der Waals surface area contributed by atoms with Gasteiger partial charge in [0.25, 0.3) is 7.82 Å². The molecule has 0 radical (unpaired) electrons. The van der Waals surface area contributed by atoms with Crippen molar-refractivity contribution in [3.8, 4) is 0 Å². The largest absolute Gasteiger partial charge is 0.756 e. The fraction of sp³-hybridized carbons (Fsp3) is 1.00. The molecule has 0 saturated heterocycles. The van der Waals surface area contributed by atoms with Gasteiger partial charge in [-0.1, -0.05) is 110 Å². The molecule has 0 aromatic rings. The molecule has 0 aromatic heterocycles. The Kier molecular flexibility index (Phi) is 25.3. The summed E-state index contributed by atoms with van der Waals surface area (Å²) in [5.41, 5.74) is 5.60. The van der Waals surface area contributed by atoms with Gasteiger partial charge in [0.2, 0.25) is 0 Å². The fourth-order valence-electron chi connectivity index (χ4n) is 4.20. The van der Waals surface area contributed by atoms with Crippen LogP contribution in [0.1, 0.15) is 122 Å². The third-order valence-corrected chi connectivity index (χ3v) is 6.06. The van der Waals surface area contributed by atoms with Crippen LogP contribution in [0.15, 0.2) is 0 Å². The Hall–Kier alpha value is -0.0100. The average Bonchev–Trinajstić information content (AvgIpc) is 2.70. The van der Waals surface area contributed by atoms with E-state index in [1.807, 2.05) is 0 Å². The Balaban J connectivity index is 0. The molecule has 7 nitrogen and oxygen atoms in total. The van der Waals surface area contributed by atoms with Gasteiger partial charge in [-0.3, -0.25) is 4.57 Å². The van der Waals surface area contributed by atoms with E-state index in [0.29, 0.717) is 0 Å². The lowest BCUT2D eigenvalue weighted by atomic mass is 10.0. The molecule has 0 aliphatic carbocycles. The third kappa shape index (κ3) is 36.7. The molecular weight excluding hydrogens is 439 g/mol. The Morgan fingerprint density at radius 3 is 1.42 bits per heavy atom. The quantitative estimate of drug-likeness (QED) is 0.0963. The molecule has 5 N–H and O–H groups in total. The maximum absolute atomic E-state index is 10.3. The molecule has 0 rings (SSSR count). The van der Waals surface area contributed by atoms with Crippen LogP contribution in [0, 0.1) is 0 Å². The Labute approximate surface area is 205 Å². The van der Waals surface area contributed by atoms with Gasteiger partial charge in [-0.25, -0.2) is 0 Å². The normalized spacial score (nSPS) is 13.0. The summed E-state index contributed by atoms with van der Waals surface area (Å²) in [4.78, 5) is 22.9. The molecule has 33 heavy (non-hydrogen) atoms. The number of aliphatic hydroxyl groups excluding tert-OH is 1. The molecule has 0 bridgehead atoms. The zero-order valence-electron chi connectivity index (χ0n) is 22.1. The fourth-order valence-corrected chi connectivity index (χ4v) is 4.20. The summed E-state index contributed by atoms with van der Waals surface area (Å²) < 4.78 is 9.66. The minimum Gasteiger partial charge on any atom is -0.756 e. The van der Waals surface area contributed by atoms with Crippen molar-refractivity contribution in [3.05, 3.63) is 0 Å². The van der Waals surface area contributed by atoms with E-state index in [1.54, 1.807) is 0 Å². The number of hydrogen-bond acceptors (Lipinski definition) is 4. The molecular formula is C25H57N2O5P. The van der Waals surface area contributed by atoms with Crippen LogP contribution in [-0.2, 0) is 4.57 Å². The second-order valence-electron chi connectivity index (χ2n) is 10.2. The average molecular weight is 497 g/mol. The standard InChI is InChI=1S/C25H55N2O.H3O4P/c1-4-5-6-7-8-9-10-11-12-13-14-15-16-17-18-19-21-25(28)24-27(2,3)23-20-22-26;1-5(2,3)4/h25,28H,4-24,26H2,1-3H3;(H3,1,2,3,4)/q+1;/p-1. The number of nitrogens with zero attached hydrogens (tertiary/aromatic N) is 1. The summed E-state index contributed by atoms with van der Waals surface area (Å²) >= 11 is 0. The van der Waals surface area contributed by atoms with Crippen LogP contribution in [0.2, 0.25) is 0 Å². The van der Waals surface area contributed by atoms with Gasteiger partial charge in [-0.2, -0.15) is 0 Å². The minimum atomic E-state index is -4.89. The lowest BCUT2D eigenvalue weighted by molar-refractivity contribution is -0.893. The summed E-state index contributed by atoms with van der Waals surface area (Å²) in [5, 5.41) is 10.3. The van der Waals surface area contributed by atoms with Gasteiger partial charge in [0, 0.05) is 6.42 Å². The molecule has 0 spiro atoms. The first-order chi connectivity index (χ1) is 15.5. The van der Waals surface area contributed by atoms with E-state index in [4.69, 9.17) is 25.0 Å². The monoisotopic (exact) mass is 496 g/mol. The van der Waals surface area contributed by atoms with Crippen LogP contribution >= 0.6 is 7.82 Å². The first-order valence-electron chi connectivity index (χ1n) is 13.5. The Bertz CT molecular complexity index is 438. The topological polar surface area (TPSA) is 127 Å². The van der Waals surface area contributed by atoms with Gasteiger partial charge in [-0.05, 0) is 13.0 Å². The summed E-state index contributed by atoms with van der Waals surface area (Å²) in [6.45, 7) is 4.96. The minimum absolute atomic E-state index is 0.153. The van der Waals surface area contributed by atoms with Crippen LogP contribution in [0.5, 0.6) is 0 Å². The van der Waals surface area contributed by atoms with E-state index in [1.165, 1.54) is 103 Å². The van der Waals surface area contributed by atoms with Gasteiger partial charge in [0.05, 0.1) is 20.6 Å². The first-order valence-corrected chi connectivity index (χ1v) is 15.0. The van der Waals surface area contributed by atoms with Gasteiger partial charge in [0.1, 0.15) is 12.6 Å². The predicted molar refractivity (Wildman–Crippen MR) is 138 cm³/mol. The Morgan fingerprint density at radius 1 is 0.758 bits per heavy atom. The summed E-state index contributed by atoms with van der Waals surface area (Å²) in [6.07, 6.45) is 24.2. The van der Waals surface area contributed by atoms with Gasteiger partial charge in [0.15, 0.2) is 0 Å². The molecule has 8 heteroatoms. The highest BCUT2D eigenvalue weighted by Gasteiger charge is 2.19. The summed E-state index contributed by atoms with van der Waals surface area (Å²) in [5.74, 6) is 0. The van der Waals surface area contributed by atoms with E-state index in [-0.39, 0.29) is 6.10 Å².